The maximum Gasteiger partial charge on any atom is 0.252 e. The van der Waals surface area contributed by atoms with Crippen LogP contribution in [0.1, 0.15) is 26.3 Å². The van der Waals surface area contributed by atoms with Gasteiger partial charge in [0.1, 0.15) is 0 Å². The molecule has 2 aliphatic heterocycles. The Morgan fingerprint density at radius 1 is 0.212 bits per heavy atom. The standard InChI is InChI=1S/C106H73BN6/c1-106(2,3)72-61-86(70-35-12-6-13-36-70)105(87(62-72)71-37-14-7-15-38-71)113-100-64-74(109-93-50-25-18-41-81(93)82-42-19-26-51-94(82)109)55-58-90(100)107-89-59-56-75(110-97-54-29-22-45-85(97)88-63-73(57-60-98(88)110)108-91-48-23-16-39-79(91)80-40-17-24-49-92(80)108)65-99(89)112(104-77(68-31-8-4-9-32-68)46-30-47-78(104)69-33-10-5-11-34-69)101-66-76(67-102(113)103(101)107)111-95-52-27-20-43-83(95)84-44-21-28-53-96(84)111/h4-67H,1-3H3. The van der Waals surface area contributed by atoms with Gasteiger partial charge in [0.15, 0.2) is 0 Å². The molecular weight excluding hydrogens is 1370 g/mol. The number of anilines is 6. The molecule has 0 radical (unpaired) electrons. The van der Waals surface area contributed by atoms with Crippen molar-refractivity contribution in [2.45, 2.75) is 26.2 Å². The third-order valence-electron chi connectivity index (χ3n) is 24.3. The first-order valence-corrected chi connectivity index (χ1v) is 39.3. The van der Waals surface area contributed by atoms with Crippen molar-refractivity contribution in [3.8, 4) is 67.3 Å². The molecule has 0 N–H and O–H groups in total. The van der Waals surface area contributed by atoms with Crippen LogP contribution in [0, 0.1) is 0 Å². The fraction of sp³-hybridized carbons (Fsp3) is 0.0377. The summed E-state index contributed by atoms with van der Waals surface area (Å²) >= 11 is 0. The van der Waals surface area contributed by atoms with E-state index in [9.17, 15) is 0 Å². The quantitative estimate of drug-likeness (QED) is 0.128. The second-order valence-corrected chi connectivity index (χ2v) is 31.5. The summed E-state index contributed by atoms with van der Waals surface area (Å²) in [5.74, 6) is 0. The van der Waals surface area contributed by atoms with E-state index in [2.05, 4.69) is 437 Å². The largest absolute Gasteiger partial charge is 0.310 e. The van der Waals surface area contributed by atoms with Crippen molar-refractivity contribution < 1.29 is 0 Å². The first-order valence-electron chi connectivity index (χ1n) is 39.3. The molecule has 0 saturated carbocycles. The Kier molecular flexibility index (Phi) is 14.3. The molecule has 0 atom stereocenters. The van der Waals surface area contributed by atoms with Crippen LogP contribution in [0.3, 0.4) is 0 Å². The molecule has 0 amide bonds. The van der Waals surface area contributed by atoms with E-state index >= 15 is 0 Å². The van der Waals surface area contributed by atoms with E-state index in [0.717, 1.165) is 134 Å². The maximum atomic E-state index is 2.72. The van der Waals surface area contributed by atoms with Crippen LogP contribution in [-0.2, 0) is 5.41 Å². The van der Waals surface area contributed by atoms with E-state index in [1.54, 1.807) is 0 Å². The van der Waals surface area contributed by atoms with Crippen molar-refractivity contribution in [2.75, 3.05) is 9.80 Å². The Bertz CT molecular complexity index is 7200. The highest BCUT2D eigenvalue weighted by molar-refractivity contribution is 7.00. The molecular formula is C106H73BN6. The number of aromatic nitrogens is 4. The van der Waals surface area contributed by atoms with Crippen molar-refractivity contribution in [3.05, 3.63) is 394 Å². The van der Waals surface area contributed by atoms with Crippen LogP contribution in [0.5, 0.6) is 0 Å². The minimum absolute atomic E-state index is 0.225. The lowest BCUT2D eigenvalue weighted by Gasteiger charge is -2.46. The molecule has 0 spiro atoms. The molecule has 2 aliphatic rings. The van der Waals surface area contributed by atoms with Gasteiger partial charge in [-0.2, -0.15) is 0 Å². The maximum absolute atomic E-state index is 2.72. The van der Waals surface area contributed by atoms with Gasteiger partial charge in [0.05, 0.1) is 61.2 Å². The Morgan fingerprint density at radius 2 is 0.487 bits per heavy atom. The molecule has 530 valence electrons. The molecule has 23 rings (SSSR count). The fourth-order valence-corrected chi connectivity index (χ4v) is 19.3. The van der Waals surface area contributed by atoms with Gasteiger partial charge in [-0.15, -0.1) is 0 Å². The van der Waals surface area contributed by atoms with Crippen molar-refractivity contribution in [1.82, 2.24) is 18.3 Å². The molecule has 21 aromatic rings. The molecule has 4 aromatic heterocycles. The van der Waals surface area contributed by atoms with Gasteiger partial charge in [0.25, 0.3) is 6.71 Å². The van der Waals surface area contributed by atoms with Crippen molar-refractivity contribution in [1.29, 1.82) is 0 Å². The van der Waals surface area contributed by atoms with Gasteiger partial charge < -0.3 is 28.1 Å². The van der Waals surface area contributed by atoms with Crippen molar-refractivity contribution in [2.24, 2.45) is 0 Å². The van der Waals surface area contributed by atoms with Gasteiger partial charge in [-0.25, -0.2) is 0 Å². The number of nitrogens with zero attached hydrogens (tertiary/aromatic N) is 6. The van der Waals surface area contributed by atoms with E-state index in [-0.39, 0.29) is 12.1 Å². The minimum Gasteiger partial charge on any atom is -0.310 e. The predicted molar refractivity (Wildman–Crippen MR) is 478 cm³/mol. The van der Waals surface area contributed by atoms with Gasteiger partial charge in [-0.05, 0) is 159 Å². The van der Waals surface area contributed by atoms with E-state index < -0.39 is 0 Å². The Labute approximate surface area is 655 Å². The lowest BCUT2D eigenvalue weighted by Crippen LogP contribution is -2.61. The smallest absolute Gasteiger partial charge is 0.252 e. The van der Waals surface area contributed by atoms with Gasteiger partial charge in [-0.1, -0.05) is 300 Å². The molecule has 6 heterocycles. The van der Waals surface area contributed by atoms with Crippen molar-refractivity contribution >= 4 is 144 Å². The molecule has 7 heteroatoms. The van der Waals surface area contributed by atoms with Gasteiger partial charge in [-0.3, -0.25) is 0 Å². The van der Waals surface area contributed by atoms with Crippen LogP contribution >= 0.6 is 0 Å². The zero-order chi connectivity index (χ0) is 74.7. The van der Waals surface area contributed by atoms with Crippen LogP contribution in [-0.4, -0.2) is 25.0 Å². The highest BCUT2D eigenvalue weighted by Crippen LogP contribution is 2.56. The summed E-state index contributed by atoms with van der Waals surface area (Å²) < 4.78 is 10.0. The van der Waals surface area contributed by atoms with Gasteiger partial charge in [0, 0.05) is 105 Å². The predicted octanol–water partition coefficient (Wildman–Crippen LogP) is 26.1. The van der Waals surface area contributed by atoms with Crippen LogP contribution in [0.4, 0.5) is 34.1 Å². The summed E-state index contributed by atoms with van der Waals surface area (Å²) in [6.45, 7) is 6.76. The molecule has 6 nitrogen and oxygen atoms in total. The number of fused-ring (bicyclic) bond motifs is 16. The average molecular weight is 1440 g/mol. The van der Waals surface area contributed by atoms with Gasteiger partial charge >= 0.3 is 0 Å². The third-order valence-corrected chi connectivity index (χ3v) is 24.3. The van der Waals surface area contributed by atoms with Crippen LogP contribution < -0.4 is 26.2 Å². The Morgan fingerprint density at radius 3 is 0.841 bits per heavy atom. The Hall–Kier alpha value is -14.4. The summed E-state index contributed by atoms with van der Waals surface area (Å²) in [5.41, 5.74) is 33.7. The minimum atomic E-state index is -0.309. The number of para-hydroxylation sites is 8. The van der Waals surface area contributed by atoms with Crippen LogP contribution in [0.15, 0.2) is 388 Å². The monoisotopic (exact) mass is 1440 g/mol. The summed E-state index contributed by atoms with van der Waals surface area (Å²) in [6.07, 6.45) is 0. The normalized spacial score (nSPS) is 12.7. The Balaban J connectivity index is 0.890. The van der Waals surface area contributed by atoms with Crippen LogP contribution in [0.25, 0.3) is 154 Å². The molecule has 0 saturated heterocycles. The zero-order valence-corrected chi connectivity index (χ0v) is 62.7. The molecule has 0 aliphatic carbocycles. The molecule has 0 bridgehead atoms. The topological polar surface area (TPSA) is 26.2 Å². The highest BCUT2D eigenvalue weighted by Gasteiger charge is 2.46. The molecule has 0 fully saturated rings. The first-order chi connectivity index (χ1) is 55.8. The average Bonchev–Trinajstić information content (AvgIpc) is 1.66. The lowest BCUT2D eigenvalue weighted by atomic mass is 9.33. The molecule has 17 aromatic carbocycles. The number of rotatable bonds is 10. The summed E-state index contributed by atoms with van der Waals surface area (Å²) in [4.78, 5) is 5.43. The summed E-state index contributed by atoms with van der Waals surface area (Å²) in [7, 11) is 0. The SMILES string of the molecule is CC(C)(C)c1cc(-c2ccccc2)c(N2c3cc(-n4c5ccccc5c5ccccc54)ccc3B3c4ccc(-n5c6ccccc6c6cc(-n7c8ccccc8c8ccccc87)ccc65)cc4N(c4c(-c5ccccc5)cccc4-c4ccccc4)c4cc(-n5c6ccccc6c6ccccc65)cc2c43)c(-c2ccccc2)c1. The summed E-state index contributed by atoms with van der Waals surface area (Å²) in [5, 5.41) is 9.68. The lowest BCUT2D eigenvalue weighted by molar-refractivity contribution is 0.591. The molecule has 113 heavy (non-hydrogen) atoms. The fourth-order valence-electron chi connectivity index (χ4n) is 19.3. The number of hydrogen-bond donors (Lipinski definition) is 0. The van der Waals surface area contributed by atoms with E-state index in [0.29, 0.717) is 0 Å². The van der Waals surface area contributed by atoms with E-state index in [4.69, 9.17) is 0 Å². The molecule has 0 unspecified atom stereocenters. The summed E-state index contributed by atoms with van der Waals surface area (Å²) in [6, 6.07) is 146. The zero-order valence-electron chi connectivity index (χ0n) is 62.7. The van der Waals surface area contributed by atoms with Gasteiger partial charge in [0.2, 0.25) is 0 Å². The van der Waals surface area contributed by atoms with E-state index in [1.807, 2.05) is 0 Å². The number of benzene rings is 17. The first kappa shape index (κ1) is 64.6. The number of hydrogen-bond acceptors (Lipinski definition) is 2. The second kappa shape index (κ2) is 25.1. The third kappa shape index (κ3) is 9.81. The second-order valence-electron chi connectivity index (χ2n) is 31.5. The van der Waals surface area contributed by atoms with Crippen molar-refractivity contribution in [3.63, 3.8) is 0 Å². The van der Waals surface area contributed by atoms with Crippen LogP contribution in [0.2, 0.25) is 0 Å². The van der Waals surface area contributed by atoms with E-state index in [1.165, 1.54) is 76.1 Å². The highest BCUT2D eigenvalue weighted by atomic mass is 15.2.